The molecule has 0 radical (unpaired) electrons. The second-order valence-electron chi connectivity index (χ2n) is 7.29. The molecule has 2 atom stereocenters. The maximum atomic E-state index is 13.2. The topological polar surface area (TPSA) is 64.8 Å². The van der Waals surface area contributed by atoms with Gasteiger partial charge in [-0.2, -0.15) is 0 Å². The molecular formula is C23H26N2O3. The molecule has 2 aliphatic rings. The normalized spacial score (nSPS) is 20.9. The number of likely N-dealkylation sites (tertiary alicyclic amines) is 1. The Morgan fingerprint density at radius 3 is 2.75 bits per heavy atom. The van der Waals surface area contributed by atoms with Gasteiger partial charge in [-0.25, -0.2) is 0 Å². The Hall–Kier alpha value is -2.79. The summed E-state index contributed by atoms with van der Waals surface area (Å²) in [5.74, 6) is 2.01. The monoisotopic (exact) mass is 378 g/mol. The number of rotatable bonds is 5. The number of amides is 1. The van der Waals surface area contributed by atoms with Gasteiger partial charge in [0.2, 0.25) is 0 Å². The van der Waals surface area contributed by atoms with Crippen molar-refractivity contribution >= 4 is 12.0 Å². The molecule has 146 valence electrons. The number of carbonyl (C=O) groups excluding carboxylic acids is 1. The number of carbonyl (C=O) groups is 1. The zero-order valence-corrected chi connectivity index (χ0v) is 16.1. The van der Waals surface area contributed by atoms with Crippen molar-refractivity contribution in [1.29, 1.82) is 0 Å². The lowest BCUT2D eigenvalue weighted by molar-refractivity contribution is -0.126. The summed E-state index contributed by atoms with van der Waals surface area (Å²) < 4.78 is 11.5. The van der Waals surface area contributed by atoms with Crippen molar-refractivity contribution in [2.75, 3.05) is 32.8 Å². The van der Waals surface area contributed by atoms with Gasteiger partial charge in [-0.3, -0.25) is 4.79 Å². The van der Waals surface area contributed by atoms with Crippen molar-refractivity contribution < 1.29 is 14.3 Å². The lowest BCUT2D eigenvalue weighted by atomic mass is 9.89. The van der Waals surface area contributed by atoms with Crippen LogP contribution in [0.4, 0.5) is 0 Å². The number of nitrogens with zero attached hydrogens (tertiary/aromatic N) is 1. The summed E-state index contributed by atoms with van der Waals surface area (Å²) in [5, 5.41) is 0. The maximum Gasteiger partial charge on any atom is 0.253 e. The Kier molecular flexibility index (Phi) is 5.35. The first kappa shape index (κ1) is 18.6. The fourth-order valence-electron chi connectivity index (χ4n) is 4.13. The second kappa shape index (κ2) is 8.07. The van der Waals surface area contributed by atoms with E-state index in [1.54, 1.807) is 0 Å². The average molecular weight is 378 g/mol. The molecule has 0 bridgehead atoms. The first-order valence-corrected chi connectivity index (χ1v) is 9.84. The number of para-hydroxylation sites is 1. The Bertz CT molecular complexity index is 879. The van der Waals surface area contributed by atoms with Crippen molar-refractivity contribution in [1.82, 2.24) is 4.90 Å². The summed E-state index contributed by atoms with van der Waals surface area (Å²) in [5.41, 5.74) is 8.82. The van der Waals surface area contributed by atoms with Crippen LogP contribution in [0, 0.1) is 5.92 Å². The number of hydrogen-bond donors (Lipinski definition) is 1. The summed E-state index contributed by atoms with van der Waals surface area (Å²) >= 11 is 0. The van der Waals surface area contributed by atoms with E-state index in [1.807, 2.05) is 54.3 Å². The zero-order chi connectivity index (χ0) is 19.5. The van der Waals surface area contributed by atoms with E-state index in [-0.39, 0.29) is 24.3 Å². The number of ether oxygens (including phenoxy) is 2. The molecule has 1 saturated heterocycles. The molecule has 28 heavy (non-hydrogen) atoms. The fraction of sp³-hybridized carbons (Fsp3) is 0.348. The lowest BCUT2D eigenvalue weighted by Crippen LogP contribution is -2.33. The van der Waals surface area contributed by atoms with Crippen molar-refractivity contribution in [3.63, 3.8) is 0 Å². The minimum absolute atomic E-state index is 0.0318. The van der Waals surface area contributed by atoms with Gasteiger partial charge in [0.05, 0.1) is 12.2 Å². The van der Waals surface area contributed by atoms with Crippen LogP contribution >= 0.6 is 0 Å². The smallest absolute Gasteiger partial charge is 0.253 e. The van der Waals surface area contributed by atoms with Gasteiger partial charge in [-0.05, 0) is 37.1 Å². The molecule has 2 N–H and O–H groups in total. The van der Waals surface area contributed by atoms with Crippen LogP contribution in [0.5, 0.6) is 11.5 Å². The number of hydrogen-bond acceptors (Lipinski definition) is 4. The van der Waals surface area contributed by atoms with Crippen molar-refractivity contribution in [2.45, 2.75) is 12.8 Å². The van der Waals surface area contributed by atoms with Gasteiger partial charge in [0, 0.05) is 24.6 Å². The van der Waals surface area contributed by atoms with Gasteiger partial charge in [0.25, 0.3) is 5.91 Å². The summed E-state index contributed by atoms with van der Waals surface area (Å²) in [6.07, 6.45) is 1.93. The maximum absolute atomic E-state index is 13.2. The molecule has 5 heteroatoms. The summed E-state index contributed by atoms with van der Waals surface area (Å²) in [6.45, 7) is 4.71. The Morgan fingerprint density at radius 1 is 1.18 bits per heavy atom. The van der Waals surface area contributed by atoms with E-state index in [4.69, 9.17) is 15.2 Å². The van der Waals surface area contributed by atoms with E-state index in [0.717, 1.165) is 11.3 Å². The van der Waals surface area contributed by atoms with Crippen LogP contribution in [0.25, 0.3) is 6.08 Å². The third-order valence-corrected chi connectivity index (χ3v) is 5.54. The molecule has 5 nitrogen and oxygen atoms in total. The molecule has 0 spiro atoms. The minimum atomic E-state index is 0.0318. The van der Waals surface area contributed by atoms with Gasteiger partial charge < -0.3 is 20.1 Å². The van der Waals surface area contributed by atoms with Gasteiger partial charge in [-0.15, -0.1) is 0 Å². The highest BCUT2D eigenvalue weighted by Crippen LogP contribution is 2.37. The summed E-state index contributed by atoms with van der Waals surface area (Å²) in [7, 11) is 0. The van der Waals surface area contributed by atoms with Crippen LogP contribution < -0.4 is 15.2 Å². The predicted molar refractivity (Wildman–Crippen MR) is 109 cm³/mol. The van der Waals surface area contributed by atoms with Crippen molar-refractivity contribution in [3.8, 4) is 11.5 Å². The highest BCUT2D eigenvalue weighted by Gasteiger charge is 2.36. The highest BCUT2D eigenvalue weighted by molar-refractivity contribution is 5.99. The van der Waals surface area contributed by atoms with Gasteiger partial charge in [0.15, 0.2) is 11.5 Å². The van der Waals surface area contributed by atoms with Crippen LogP contribution in [0.1, 0.15) is 24.0 Å². The SMILES string of the molecule is CCOc1cccc2c1OCC(C(=O)N1C[C@@H](CN)[C@H](c3ccccc3)C1)=C2. The third-order valence-electron chi connectivity index (χ3n) is 5.54. The molecule has 4 rings (SSSR count). The highest BCUT2D eigenvalue weighted by atomic mass is 16.5. The molecule has 2 aliphatic heterocycles. The quantitative estimate of drug-likeness (QED) is 0.868. The van der Waals surface area contributed by atoms with Crippen LogP contribution in [-0.2, 0) is 4.79 Å². The zero-order valence-electron chi connectivity index (χ0n) is 16.1. The van der Waals surface area contributed by atoms with E-state index >= 15 is 0 Å². The molecule has 0 aliphatic carbocycles. The van der Waals surface area contributed by atoms with Crippen LogP contribution in [0.15, 0.2) is 54.1 Å². The molecular weight excluding hydrogens is 352 g/mol. The number of nitrogens with two attached hydrogens (primary N) is 1. The molecule has 2 heterocycles. The largest absolute Gasteiger partial charge is 0.490 e. The molecule has 2 aromatic rings. The predicted octanol–water partition coefficient (Wildman–Crippen LogP) is 3.06. The molecule has 1 amide bonds. The van der Waals surface area contributed by atoms with Gasteiger partial charge in [0.1, 0.15) is 6.61 Å². The van der Waals surface area contributed by atoms with Crippen LogP contribution in [0.3, 0.4) is 0 Å². The Morgan fingerprint density at radius 2 is 2.00 bits per heavy atom. The molecule has 0 unspecified atom stereocenters. The minimum Gasteiger partial charge on any atom is -0.490 e. The summed E-state index contributed by atoms with van der Waals surface area (Å²) in [6, 6.07) is 16.1. The van der Waals surface area contributed by atoms with Gasteiger partial charge in [-0.1, -0.05) is 42.5 Å². The molecule has 2 aromatic carbocycles. The lowest BCUT2D eigenvalue weighted by Gasteiger charge is -2.23. The fourth-order valence-corrected chi connectivity index (χ4v) is 4.13. The number of benzene rings is 2. The van der Waals surface area contributed by atoms with E-state index in [9.17, 15) is 4.79 Å². The first-order valence-electron chi connectivity index (χ1n) is 9.84. The Labute approximate surface area is 165 Å². The molecule has 0 aromatic heterocycles. The van der Waals surface area contributed by atoms with Crippen LogP contribution in [-0.4, -0.2) is 43.7 Å². The second-order valence-corrected chi connectivity index (χ2v) is 7.29. The van der Waals surface area contributed by atoms with E-state index in [1.165, 1.54) is 5.56 Å². The first-order chi connectivity index (χ1) is 13.7. The summed E-state index contributed by atoms with van der Waals surface area (Å²) in [4.78, 5) is 15.1. The molecule has 1 fully saturated rings. The standard InChI is InChI=1S/C23H26N2O3/c1-2-27-21-10-6-9-17-11-18(15-28-22(17)21)23(26)25-13-19(12-24)20(14-25)16-7-4-3-5-8-16/h3-11,19-20H,2,12-15,24H2,1H3/t19-,20+/m1/s1. The van der Waals surface area contributed by atoms with Crippen molar-refractivity contribution in [2.24, 2.45) is 11.7 Å². The molecule has 0 saturated carbocycles. The van der Waals surface area contributed by atoms with E-state index in [2.05, 4.69) is 12.1 Å². The van der Waals surface area contributed by atoms with E-state index in [0.29, 0.717) is 37.6 Å². The Balaban J connectivity index is 1.54. The van der Waals surface area contributed by atoms with Crippen LogP contribution in [0.2, 0.25) is 0 Å². The van der Waals surface area contributed by atoms with Crippen molar-refractivity contribution in [3.05, 3.63) is 65.2 Å². The number of fused-ring (bicyclic) bond motifs is 1. The van der Waals surface area contributed by atoms with E-state index < -0.39 is 0 Å². The third kappa shape index (κ3) is 3.50. The van der Waals surface area contributed by atoms with Gasteiger partial charge >= 0.3 is 0 Å². The average Bonchev–Trinajstić information content (AvgIpc) is 3.18.